The molecule has 2 saturated heterocycles. The van der Waals surface area contributed by atoms with Crippen LogP contribution in [0.5, 0.6) is 5.75 Å². The average molecular weight is 402 g/mol. The molecule has 0 aliphatic carbocycles. The summed E-state index contributed by atoms with van der Waals surface area (Å²) in [4.78, 5) is 14.3. The Bertz CT molecular complexity index is 602. The number of carbonyl (C=O) groups is 1. The van der Waals surface area contributed by atoms with Crippen LogP contribution in [0.2, 0.25) is 0 Å². The second-order valence-corrected chi connectivity index (χ2v) is 6.69. The number of benzene rings is 1. The normalized spacial score (nSPS) is 22.8. The first-order valence-corrected chi connectivity index (χ1v) is 9.84. The summed E-state index contributed by atoms with van der Waals surface area (Å²) in [5.41, 5.74) is -0.694. The molecular weight excluding hydrogens is 373 g/mol. The van der Waals surface area contributed by atoms with Crippen molar-refractivity contribution in [3.8, 4) is 5.75 Å². The molecule has 0 spiro atoms. The van der Waals surface area contributed by atoms with Gasteiger partial charge in [-0.15, -0.1) is 0 Å². The molecule has 3 rings (SSSR count). The Labute approximate surface area is 164 Å². The number of morpholine rings is 1. The van der Waals surface area contributed by atoms with Crippen molar-refractivity contribution >= 4 is 5.91 Å². The Morgan fingerprint density at radius 1 is 1.29 bits per heavy atom. The molecule has 28 heavy (non-hydrogen) atoms. The Balaban J connectivity index is 0.00000136. The van der Waals surface area contributed by atoms with Crippen LogP contribution in [0.1, 0.15) is 32.3 Å². The van der Waals surface area contributed by atoms with Crippen LogP contribution in [0, 0.1) is 5.92 Å². The number of likely N-dealkylation sites (tertiary alicyclic amines) is 1. The minimum atomic E-state index is -4.35. The molecule has 2 heterocycles. The van der Waals surface area contributed by atoms with E-state index in [0.29, 0.717) is 38.6 Å². The summed E-state index contributed by atoms with van der Waals surface area (Å²) in [7, 11) is 0. The van der Waals surface area contributed by atoms with Crippen LogP contribution in [-0.4, -0.2) is 56.3 Å². The highest BCUT2D eigenvalue weighted by Crippen LogP contribution is 2.30. The summed E-state index contributed by atoms with van der Waals surface area (Å²) in [5, 5.41) is 3.15. The molecule has 0 bridgehead atoms. The van der Waals surface area contributed by atoms with E-state index in [2.05, 4.69) is 5.32 Å². The molecule has 0 radical (unpaired) electrons. The largest absolute Gasteiger partial charge is 0.493 e. The molecule has 158 valence electrons. The maximum absolute atomic E-state index is 12.6. The first kappa shape index (κ1) is 22.5. The predicted molar refractivity (Wildman–Crippen MR) is 100 cm³/mol. The molecule has 2 atom stereocenters. The SMILES string of the molecule is CC.O=C(C1CNCCO1)N1CCCC(COc2ccc(C(F)(F)F)cc2)C1. The first-order valence-electron chi connectivity index (χ1n) is 9.84. The lowest BCUT2D eigenvalue weighted by atomic mass is 9.98. The molecular formula is C20H29F3N2O3. The third kappa shape index (κ3) is 6.38. The van der Waals surface area contributed by atoms with Gasteiger partial charge in [0.25, 0.3) is 5.91 Å². The topological polar surface area (TPSA) is 50.8 Å². The third-order valence-corrected chi connectivity index (χ3v) is 4.70. The summed E-state index contributed by atoms with van der Waals surface area (Å²) in [6.45, 7) is 7.48. The fourth-order valence-corrected chi connectivity index (χ4v) is 3.28. The number of hydrogen-bond donors (Lipinski definition) is 1. The lowest BCUT2D eigenvalue weighted by Crippen LogP contribution is -2.52. The zero-order valence-corrected chi connectivity index (χ0v) is 16.4. The lowest BCUT2D eigenvalue weighted by Gasteiger charge is -2.35. The van der Waals surface area contributed by atoms with Crippen LogP contribution in [0.3, 0.4) is 0 Å². The molecule has 0 saturated carbocycles. The number of hydrogen-bond acceptors (Lipinski definition) is 4. The highest BCUT2D eigenvalue weighted by molar-refractivity contribution is 5.81. The molecule has 2 unspecified atom stereocenters. The van der Waals surface area contributed by atoms with Crippen molar-refractivity contribution in [2.75, 3.05) is 39.4 Å². The van der Waals surface area contributed by atoms with Gasteiger partial charge in [0.15, 0.2) is 0 Å². The maximum atomic E-state index is 12.6. The van der Waals surface area contributed by atoms with Crippen LogP contribution < -0.4 is 10.1 Å². The molecule has 1 aromatic rings. The van der Waals surface area contributed by atoms with E-state index < -0.39 is 17.8 Å². The van der Waals surface area contributed by atoms with E-state index in [9.17, 15) is 18.0 Å². The third-order valence-electron chi connectivity index (χ3n) is 4.70. The number of nitrogens with one attached hydrogen (secondary N) is 1. The van der Waals surface area contributed by atoms with Crippen molar-refractivity contribution in [3.63, 3.8) is 0 Å². The van der Waals surface area contributed by atoms with E-state index >= 15 is 0 Å². The lowest BCUT2D eigenvalue weighted by molar-refractivity contribution is -0.147. The predicted octanol–water partition coefficient (Wildman–Crippen LogP) is 3.34. The quantitative estimate of drug-likeness (QED) is 0.839. The zero-order valence-electron chi connectivity index (χ0n) is 16.4. The van der Waals surface area contributed by atoms with Gasteiger partial charge in [0.05, 0.1) is 18.8 Å². The molecule has 0 aromatic heterocycles. The van der Waals surface area contributed by atoms with E-state index in [4.69, 9.17) is 9.47 Å². The molecule has 1 aromatic carbocycles. The van der Waals surface area contributed by atoms with E-state index in [1.165, 1.54) is 12.1 Å². The maximum Gasteiger partial charge on any atom is 0.416 e. The van der Waals surface area contributed by atoms with E-state index in [-0.39, 0.29) is 11.8 Å². The van der Waals surface area contributed by atoms with Gasteiger partial charge in [0, 0.05) is 32.1 Å². The molecule has 1 N–H and O–H groups in total. The van der Waals surface area contributed by atoms with Crippen LogP contribution in [0.25, 0.3) is 0 Å². The molecule has 2 aliphatic rings. The monoisotopic (exact) mass is 402 g/mol. The number of alkyl halides is 3. The summed E-state index contributed by atoms with van der Waals surface area (Å²) in [6, 6.07) is 4.69. The molecule has 8 heteroatoms. The van der Waals surface area contributed by atoms with Gasteiger partial charge in [-0.25, -0.2) is 0 Å². The Morgan fingerprint density at radius 2 is 2.00 bits per heavy atom. The van der Waals surface area contributed by atoms with E-state index in [0.717, 1.165) is 31.5 Å². The Hall–Kier alpha value is -1.80. The summed E-state index contributed by atoms with van der Waals surface area (Å²) < 4.78 is 48.9. The van der Waals surface area contributed by atoms with Crippen LogP contribution >= 0.6 is 0 Å². The van der Waals surface area contributed by atoms with Crippen LogP contribution in [0.15, 0.2) is 24.3 Å². The molecule has 2 fully saturated rings. The minimum absolute atomic E-state index is 0.00331. The van der Waals surface area contributed by atoms with Gasteiger partial charge in [0.1, 0.15) is 11.9 Å². The van der Waals surface area contributed by atoms with E-state index in [1.54, 1.807) is 0 Å². The summed E-state index contributed by atoms with van der Waals surface area (Å²) >= 11 is 0. The first-order chi connectivity index (χ1) is 13.4. The van der Waals surface area contributed by atoms with Gasteiger partial charge >= 0.3 is 6.18 Å². The van der Waals surface area contributed by atoms with Crippen LogP contribution in [0.4, 0.5) is 13.2 Å². The van der Waals surface area contributed by atoms with Gasteiger partial charge in [-0.05, 0) is 37.1 Å². The fraction of sp³-hybridized carbons (Fsp3) is 0.650. The van der Waals surface area contributed by atoms with Crippen molar-refractivity contribution in [2.45, 2.75) is 39.0 Å². The van der Waals surface area contributed by atoms with E-state index in [1.807, 2.05) is 18.7 Å². The van der Waals surface area contributed by atoms with Crippen LogP contribution in [-0.2, 0) is 15.7 Å². The fourth-order valence-electron chi connectivity index (χ4n) is 3.28. The zero-order chi connectivity index (χ0) is 20.6. The number of rotatable bonds is 4. The standard InChI is InChI=1S/C18H23F3N2O3.C2H6/c19-18(20,21)14-3-5-15(6-4-14)26-12-13-2-1-8-23(11-13)17(24)16-10-22-7-9-25-16;1-2/h3-6,13,16,22H,1-2,7-12H2;1-2H3. The van der Waals surface area contributed by atoms with Gasteiger partial charge in [0.2, 0.25) is 0 Å². The van der Waals surface area contributed by atoms with Crippen molar-refractivity contribution < 1.29 is 27.4 Å². The molecule has 1 amide bonds. The highest BCUT2D eigenvalue weighted by atomic mass is 19.4. The smallest absolute Gasteiger partial charge is 0.416 e. The second kappa shape index (κ2) is 10.7. The van der Waals surface area contributed by atoms with Crippen molar-refractivity contribution in [2.24, 2.45) is 5.92 Å². The highest BCUT2D eigenvalue weighted by Gasteiger charge is 2.31. The minimum Gasteiger partial charge on any atom is -0.493 e. The summed E-state index contributed by atoms with van der Waals surface area (Å²) in [5.74, 6) is 0.559. The average Bonchev–Trinajstić information content (AvgIpc) is 2.74. The van der Waals surface area contributed by atoms with Crippen molar-refractivity contribution in [1.82, 2.24) is 10.2 Å². The molecule has 2 aliphatic heterocycles. The number of halogens is 3. The molecule has 5 nitrogen and oxygen atoms in total. The number of nitrogens with zero attached hydrogens (tertiary/aromatic N) is 1. The number of amides is 1. The van der Waals surface area contributed by atoms with Gasteiger partial charge < -0.3 is 19.7 Å². The number of piperidine rings is 1. The second-order valence-electron chi connectivity index (χ2n) is 6.69. The van der Waals surface area contributed by atoms with Gasteiger partial charge in [-0.2, -0.15) is 13.2 Å². The summed E-state index contributed by atoms with van der Waals surface area (Å²) in [6.07, 6.45) is -2.97. The van der Waals surface area contributed by atoms with Gasteiger partial charge in [-0.3, -0.25) is 4.79 Å². The number of carbonyl (C=O) groups excluding carboxylic acids is 1. The van der Waals surface area contributed by atoms with Gasteiger partial charge in [-0.1, -0.05) is 13.8 Å². The Morgan fingerprint density at radius 3 is 2.61 bits per heavy atom. The van der Waals surface area contributed by atoms with Crippen molar-refractivity contribution in [1.29, 1.82) is 0 Å². The Kier molecular flexibility index (Phi) is 8.57. The number of ether oxygens (including phenoxy) is 2. The van der Waals surface area contributed by atoms with Crippen molar-refractivity contribution in [3.05, 3.63) is 29.8 Å².